The molecule has 0 unspecified atom stereocenters. The molecule has 4 nitrogen and oxygen atoms in total. The number of halogens is 2. The number of hydrogen-bond donors (Lipinski definition) is 1. The van der Waals surface area contributed by atoms with E-state index in [9.17, 15) is 8.78 Å². The standard InChI is InChI=1S/C17H10F2N4/c18-14-3-1-2-13(17(14)19)12-5-7-16(22-10-12)23-15-6-4-11(8-20)9-21-15/h1-7,9-10H,(H,21,22,23). The van der Waals surface area contributed by atoms with Crippen molar-refractivity contribution in [2.75, 3.05) is 5.32 Å². The highest BCUT2D eigenvalue weighted by Crippen LogP contribution is 2.25. The Morgan fingerprint density at radius 3 is 2.26 bits per heavy atom. The van der Waals surface area contributed by atoms with Crippen LogP contribution in [0, 0.1) is 23.0 Å². The Balaban J connectivity index is 1.81. The van der Waals surface area contributed by atoms with Gasteiger partial charge in [-0.05, 0) is 30.3 Å². The van der Waals surface area contributed by atoms with Gasteiger partial charge in [0.15, 0.2) is 11.6 Å². The third kappa shape index (κ3) is 3.14. The third-order valence-electron chi connectivity index (χ3n) is 3.17. The molecule has 1 N–H and O–H groups in total. The molecule has 112 valence electrons. The van der Waals surface area contributed by atoms with Crippen LogP contribution in [-0.2, 0) is 0 Å². The minimum absolute atomic E-state index is 0.153. The predicted octanol–water partition coefficient (Wildman–Crippen LogP) is 4.04. The first-order valence-corrected chi connectivity index (χ1v) is 6.71. The SMILES string of the molecule is N#Cc1ccc(Nc2ccc(-c3cccc(F)c3F)cn2)nc1. The number of anilines is 2. The van der Waals surface area contributed by atoms with Gasteiger partial charge < -0.3 is 5.32 Å². The Hall–Kier alpha value is -3.33. The van der Waals surface area contributed by atoms with Crippen molar-refractivity contribution < 1.29 is 8.78 Å². The fourth-order valence-corrected chi connectivity index (χ4v) is 2.02. The molecule has 3 aromatic rings. The van der Waals surface area contributed by atoms with Crippen LogP contribution in [0.3, 0.4) is 0 Å². The summed E-state index contributed by atoms with van der Waals surface area (Å²) in [5.74, 6) is -0.765. The number of rotatable bonds is 3. The second kappa shape index (κ2) is 6.20. The van der Waals surface area contributed by atoms with Gasteiger partial charge in [-0.25, -0.2) is 18.7 Å². The first-order valence-electron chi connectivity index (χ1n) is 6.71. The maximum absolute atomic E-state index is 13.8. The third-order valence-corrected chi connectivity index (χ3v) is 3.17. The number of pyridine rings is 2. The number of nitrogens with zero attached hydrogens (tertiary/aromatic N) is 3. The molecule has 2 heterocycles. The number of benzene rings is 1. The van der Waals surface area contributed by atoms with Crippen molar-refractivity contribution in [2.45, 2.75) is 0 Å². The highest BCUT2D eigenvalue weighted by molar-refractivity contribution is 5.65. The summed E-state index contributed by atoms with van der Waals surface area (Å²) in [5, 5.41) is 11.7. The van der Waals surface area contributed by atoms with Gasteiger partial charge in [0.25, 0.3) is 0 Å². The minimum atomic E-state index is -0.899. The Morgan fingerprint density at radius 1 is 0.913 bits per heavy atom. The van der Waals surface area contributed by atoms with Crippen LogP contribution in [-0.4, -0.2) is 9.97 Å². The summed E-state index contributed by atoms with van der Waals surface area (Å²) in [5.41, 5.74) is 1.08. The van der Waals surface area contributed by atoms with E-state index in [0.29, 0.717) is 22.8 Å². The lowest BCUT2D eigenvalue weighted by atomic mass is 10.1. The Labute approximate surface area is 131 Å². The van der Waals surface area contributed by atoms with Gasteiger partial charge >= 0.3 is 0 Å². The van der Waals surface area contributed by atoms with Gasteiger partial charge in [-0.15, -0.1) is 0 Å². The van der Waals surface area contributed by atoms with E-state index in [4.69, 9.17) is 5.26 Å². The smallest absolute Gasteiger partial charge is 0.166 e. The summed E-state index contributed by atoms with van der Waals surface area (Å²) in [7, 11) is 0. The Kier molecular flexibility index (Phi) is 3.93. The van der Waals surface area contributed by atoms with Crippen molar-refractivity contribution in [1.82, 2.24) is 9.97 Å². The first-order chi connectivity index (χ1) is 11.2. The normalized spacial score (nSPS) is 10.1. The van der Waals surface area contributed by atoms with E-state index in [-0.39, 0.29) is 5.56 Å². The monoisotopic (exact) mass is 308 g/mol. The lowest BCUT2D eigenvalue weighted by molar-refractivity contribution is 0.511. The van der Waals surface area contributed by atoms with Crippen LogP contribution in [0.15, 0.2) is 54.9 Å². The van der Waals surface area contributed by atoms with Crippen molar-refractivity contribution in [3.05, 3.63) is 72.1 Å². The predicted molar refractivity (Wildman–Crippen MR) is 81.8 cm³/mol. The van der Waals surface area contributed by atoms with Crippen LogP contribution >= 0.6 is 0 Å². The zero-order valence-corrected chi connectivity index (χ0v) is 11.8. The molecule has 2 aromatic heterocycles. The molecule has 0 aliphatic rings. The van der Waals surface area contributed by atoms with E-state index in [1.807, 2.05) is 6.07 Å². The summed E-state index contributed by atoms with van der Waals surface area (Å²) in [6, 6.07) is 12.5. The first kappa shape index (κ1) is 14.6. The number of nitrogens with one attached hydrogen (secondary N) is 1. The molecule has 0 saturated heterocycles. The van der Waals surface area contributed by atoms with Gasteiger partial charge in [-0.3, -0.25) is 0 Å². The molecule has 3 rings (SSSR count). The zero-order chi connectivity index (χ0) is 16.2. The van der Waals surface area contributed by atoms with Crippen LogP contribution in [0.2, 0.25) is 0 Å². The average molecular weight is 308 g/mol. The molecule has 0 amide bonds. The molecule has 1 aromatic carbocycles. The zero-order valence-electron chi connectivity index (χ0n) is 11.8. The number of hydrogen-bond acceptors (Lipinski definition) is 4. The highest BCUT2D eigenvalue weighted by atomic mass is 19.2. The fraction of sp³-hybridized carbons (Fsp3) is 0. The van der Waals surface area contributed by atoms with E-state index >= 15 is 0 Å². The fourth-order valence-electron chi connectivity index (χ4n) is 2.02. The van der Waals surface area contributed by atoms with Crippen LogP contribution in [0.1, 0.15) is 5.56 Å². The van der Waals surface area contributed by atoms with Gasteiger partial charge in [0.1, 0.15) is 17.7 Å². The maximum Gasteiger partial charge on any atom is 0.166 e. The molecular weight excluding hydrogens is 298 g/mol. The summed E-state index contributed by atoms with van der Waals surface area (Å²) in [6.07, 6.45) is 2.89. The number of nitriles is 1. The van der Waals surface area contributed by atoms with Crippen molar-refractivity contribution >= 4 is 11.6 Å². The van der Waals surface area contributed by atoms with Crippen LogP contribution in [0.5, 0.6) is 0 Å². The molecule has 0 aliphatic carbocycles. The maximum atomic E-state index is 13.8. The molecule has 0 spiro atoms. The largest absolute Gasteiger partial charge is 0.325 e. The van der Waals surface area contributed by atoms with Crippen LogP contribution < -0.4 is 5.32 Å². The van der Waals surface area contributed by atoms with Gasteiger partial charge in [0, 0.05) is 23.5 Å². The Bertz CT molecular complexity index is 869. The molecular formula is C17H10F2N4. The van der Waals surface area contributed by atoms with Crippen molar-refractivity contribution in [2.24, 2.45) is 0 Å². The molecule has 0 atom stereocenters. The van der Waals surface area contributed by atoms with Crippen LogP contribution in [0.25, 0.3) is 11.1 Å². The summed E-state index contributed by atoms with van der Waals surface area (Å²) in [6.45, 7) is 0. The second-order valence-corrected chi connectivity index (χ2v) is 4.70. The average Bonchev–Trinajstić information content (AvgIpc) is 2.59. The summed E-state index contributed by atoms with van der Waals surface area (Å²) in [4.78, 5) is 8.23. The van der Waals surface area contributed by atoms with Crippen LogP contribution in [0.4, 0.5) is 20.4 Å². The lowest BCUT2D eigenvalue weighted by Gasteiger charge is -2.07. The lowest BCUT2D eigenvalue weighted by Crippen LogP contribution is -1.96. The number of aromatic nitrogens is 2. The molecule has 0 bridgehead atoms. The van der Waals surface area contributed by atoms with Gasteiger partial charge in [-0.2, -0.15) is 5.26 Å². The van der Waals surface area contributed by atoms with E-state index < -0.39 is 11.6 Å². The molecule has 23 heavy (non-hydrogen) atoms. The topological polar surface area (TPSA) is 61.6 Å². The van der Waals surface area contributed by atoms with E-state index in [0.717, 1.165) is 6.07 Å². The van der Waals surface area contributed by atoms with Crippen molar-refractivity contribution in [1.29, 1.82) is 5.26 Å². The minimum Gasteiger partial charge on any atom is -0.325 e. The van der Waals surface area contributed by atoms with E-state index in [2.05, 4.69) is 15.3 Å². The molecule has 6 heteroatoms. The van der Waals surface area contributed by atoms with Gasteiger partial charge in [-0.1, -0.05) is 12.1 Å². The highest BCUT2D eigenvalue weighted by Gasteiger charge is 2.10. The van der Waals surface area contributed by atoms with E-state index in [1.54, 1.807) is 24.3 Å². The molecule has 0 saturated carbocycles. The molecule has 0 radical (unpaired) electrons. The van der Waals surface area contributed by atoms with E-state index in [1.165, 1.54) is 24.5 Å². The quantitative estimate of drug-likeness (QED) is 0.793. The second-order valence-electron chi connectivity index (χ2n) is 4.70. The van der Waals surface area contributed by atoms with Gasteiger partial charge in [0.05, 0.1) is 5.56 Å². The van der Waals surface area contributed by atoms with Gasteiger partial charge in [0.2, 0.25) is 0 Å². The summed E-state index contributed by atoms with van der Waals surface area (Å²) < 4.78 is 27.0. The van der Waals surface area contributed by atoms with Crippen molar-refractivity contribution in [3.8, 4) is 17.2 Å². The van der Waals surface area contributed by atoms with Crippen molar-refractivity contribution in [3.63, 3.8) is 0 Å². The molecule has 0 aliphatic heterocycles. The molecule has 0 fully saturated rings. The Morgan fingerprint density at radius 2 is 1.65 bits per heavy atom. The summed E-state index contributed by atoms with van der Waals surface area (Å²) >= 11 is 0.